The maximum Gasteiger partial charge on any atom is 0.417 e. The summed E-state index contributed by atoms with van der Waals surface area (Å²) in [6, 6.07) is 17.8. The molecule has 1 fully saturated rings. The van der Waals surface area contributed by atoms with E-state index in [2.05, 4.69) is 4.98 Å². The van der Waals surface area contributed by atoms with Crippen molar-refractivity contribution in [1.29, 1.82) is 0 Å². The molecule has 2 aromatic carbocycles. The van der Waals surface area contributed by atoms with Crippen molar-refractivity contribution in [3.05, 3.63) is 89.6 Å². The fourth-order valence-electron chi connectivity index (χ4n) is 3.28. The normalized spacial score (nSPS) is 14.5. The summed E-state index contributed by atoms with van der Waals surface area (Å²) >= 11 is 0. The summed E-state index contributed by atoms with van der Waals surface area (Å²) in [4.78, 5) is 4.08. The molecule has 0 radical (unpaired) electrons. The molecule has 4 nitrogen and oxygen atoms in total. The number of hydrogen-bond donors (Lipinski definition) is 0. The molecule has 0 aliphatic heterocycles. The number of anilines is 1. The zero-order chi connectivity index (χ0) is 21.4. The number of aromatic nitrogens is 1. The molecule has 1 aliphatic carbocycles. The van der Waals surface area contributed by atoms with Gasteiger partial charge < -0.3 is 0 Å². The molecule has 1 aromatic heterocycles. The predicted octanol–water partition coefficient (Wildman–Crippen LogP) is 5.37. The molecule has 3 aromatic rings. The number of pyridine rings is 1. The first-order chi connectivity index (χ1) is 14.3. The average molecular weight is 432 g/mol. The molecule has 1 heterocycles. The molecule has 0 saturated heterocycles. The third kappa shape index (κ3) is 4.18. The lowest BCUT2D eigenvalue weighted by Gasteiger charge is -2.26. The number of benzene rings is 2. The van der Waals surface area contributed by atoms with Gasteiger partial charge in [0.1, 0.15) is 5.82 Å². The second kappa shape index (κ2) is 7.75. The molecule has 1 aliphatic rings. The smallest absolute Gasteiger partial charge is 0.245 e. The summed E-state index contributed by atoms with van der Waals surface area (Å²) < 4.78 is 67.8. The van der Waals surface area contributed by atoms with Gasteiger partial charge in [0.15, 0.2) is 0 Å². The van der Waals surface area contributed by atoms with Gasteiger partial charge in [-0.15, -0.1) is 0 Å². The molecule has 0 bridgehead atoms. The maximum absolute atomic E-state index is 13.5. The zero-order valence-corrected chi connectivity index (χ0v) is 16.7. The number of halogens is 3. The Hall–Kier alpha value is -2.87. The number of alkyl halides is 3. The van der Waals surface area contributed by atoms with Crippen LogP contribution in [0.15, 0.2) is 77.8 Å². The third-order valence-corrected chi connectivity index (χ3v) is 6.73. The topological polar surface area (TPSA) is 50.3 Å². The van der Waals surface area contributed by atoms with Gasteiger partial charge in [-0.25, -0.2) is 17.7 Å². The minimum atomic E-state index is -4.54. The van der Waals surface area contributed by atoms with E-state index in [0.717, 1.165) is 10.4 Å². The molecule has 8 heteroatoms. The van der Waals surface area contributed by atoms with E-state index in [0.29, 0.717) is 30.2 Å². The Morgan fingerprint density at radius 1 is 0.967 bits per heavy atom. The summed E-state index contributed by atoms with van der Waals surface area (Å²) in [5, 5.41) is 0. The van der Waals surface area contributed by atoms with Crippen molar-refractivity contribution in [2.24, 2.45) is 0 Å². The molecule has 30 heavy (non-hydrogen) atoms. The van der Waals surface area contributed by atoms with Crippen LogP contribution in [0.4, 0.5) is 19.0 Å². The van der Waals surface area contributed by atoms with Crippen LogP contribution in [-0.2, 0) is 22.7 Å². The minimum absolute atomic E-state index is 0.0316. The van der Waals surface area contributed by atoms with Crippen molar-refractivity contribution in [3.8, 4) is 0 Å². The van der Waals surface area contributed by atoms with Crippen LogP contribution in [0.3, 0.4) is 0 Å². The molecular formula is C22H19F3N2O2S. The Morgan fingerprint density at radius 2 is 1.57 bits per heavy atom. The summed E-state index contributed by atoms with van der Waals surface area (Å²) in [7, 11) is -4.04. The Morgan fingerprint density at radius 3 is 2.13 bits per heavy atom. The van der Waals surface area contributed by atoms with Crippen LogP contribution in [0.2, 0.25) is 0 Å². The highest BCUT2D eigenvalue weighted by Gasteiger charge is 2.38. The van der Waals surface area contributed by atoms with Gasteiger partial charge in [0, 0.05) is 6.20 Å². The quantitative estimate of drug-likeness (QED) is 0.526. The van der Waals surface area contributed by atoms with E-state index in [1.807, 2.05) is 6.07 Å². The first-order valence-electron chi connectivity index (χ1n) is 9.45. The van der Waals surface area contributed by atoms with E-state index < -0.39 is 21.8 Å². The molecule has 0 N–H and O–H groups in total. The lowest BCUT2D eigenvalue weighted by Crippen LogP contribution is -2.32. The molecule has 156 valence electrons. The van der Waals surface area contributed by atoms with Crippen molar-refractivity contribution >= 4 is 15.8 Å². The van der Waals surface area contributed by atoms with E-state index in [1.165, 1.54) is 12.1 Å². The van der Waals surface area contributed by atoms with Crippen molar-refractivity contribution in [2.75, 3.05) is 4.31 Å². The van der Waals surface area contributed by atoms with E-state index in [9.17, 15) is 21.6 Å². The first kappa shape index (κ1) is 20.4. The van der Waals surface area contributed by atoms with E-state index in [1.54, 1.807) is 42.5 Å². The van der Waals surface area contributed by atoms with Crippen molar-refractivity contribution in [2.45, 2.75) is 36.4 Å². The van der Waals surface area contributed by atoms with Gasteiger partial charge in [0.25, 0.3) is 10.0 Å². The number of rotatable bonds is 6. The van der Waals surface area contributed by atoms with E-state index in [4.69, 9.17) is 0 Å². The van der Waals surface area contributed by atoms with Crippen LogP contribution < -0.4 is 4.31 Å². The van der Waals surface area contributed by atoms with Gasteiger partial charge >= 0.3 is 6.18 Å². The van der Waals surface area contributed by atoms with Gasteiger partial charge in [-0.1, -0.05) is 48.5 Å². The predicted molar refractivity (Wildman–Crippen MR) is 107 cm³/mol. The van der Waals surface area contributed by atoms with Crippen molar-refractivity contribution in [1.82, 2.24) is 4.98 Å². The van der Waals surface area contributed by atoms with Gasteiger partial charge in [-0.3, -0.25) is 0 Å². The molecule has 4 rings (SSSR count). The highest BCUT2D eigenvalue weighted by Crippen LogP contribution is 2.46. The molecular weight excluding hydrogens is 413 g/mol. The number of sulfonamides is 1. The zero-order valence-electron chi connectivity index (χ0n) is 15.9. The minimum Gasteiger partial charge on any atom is -0.245 e. The Balaban J connectivity index is 1.86. The molecule has 1 saturated carbocycles. The first-order valence-corrected chi connectivity index (χ1v) is 10.9. The Labute approximate surface area is 173 Å². The van der Waals surface area contributed by atoms with Crippen LogP contribution >= 0.6 is 0 Å². The van der Waals surface area contributed by atoms with Gasteiger partial charge in [-0.05, 0) is 48.1 Å². The maximum atomic E-state index is 13.5. The SMILES string of the molecule is O=S(=O)(c1ccccc1)N(Cc1ccccc1)c1ncc(C(F)(F)F)cc1C1CC1. The van der Waals surface area contributed by atoms with Crippen molar-refractivity contribution < 1.29 is 21.6 Å². The Kier molecular flexibility index (Phi) is 5.27. The largest absolute Gasteiger partial charge is 0.417 e. The monoisotopic (exact) mass is 432 g/mol. The summed E-state index contributed by atoms with van der Waals surface area (Å²) in [5.41, 5.74) is 0.158. The van der Waals surface area contributed by atoms with Gasteiger partial charge in [0.2, 0.25) is 0 Å². The van der Waals surface area contributed by atoms with E-state index in [-0.39, 0.29) is 23.2 Å². The summed E-state index contributed by atoms with van der Waals surface area (Å²) in [5.74, 6) is -0.0720. The fourth-order valence-corrected chi connectivity index (χ4v) is 4.73. The molecule has 0 spiro atoms. The highest BCUT2D eigenvalue weighted by molar-refractivity contribution is 7.92. The standard InChI is InChI=1S/C22H19F3N2O2S/c23-22(24,25)18-13-20(17-11-12-17)21(26-14-18)27(15-16-7-3-1-4-8-16)30(28,29)19-9-5-2-6-10-19/h1-10,13-14,17H,11-12,15H2. The summed E-state index contributed by atoms with van der Waals surface area (Å²) in [6.07, 6.45) is -2.42. The Bertz CT molecular complexity index is 1130. The van der Waals surface area contributed by atoms with Crippen LogP contribution in [0.1, 0.15) is 35.4 Å². The van der Waals surface area contributed by atoms with Crippen LogP contribution in [0.25, 0.3) is 0 Å². The number of hydrogen-bond acceptors (Lipinski definition) is 3. The average Bonchev–Trinajstić information content (AvgIpc) is 3.58. The molecule has 0 amide bonds. The van der Waals surface area contributed by atoms with Gasteiger partial charge in [-0.2, -0.15) is 13.2 Å². The third-order valence-electron chi connectivity index (χ3n) is 4.98. The van der Waals surface area contributed by atoms with Crippen molar-refractivity contribution in [3.63, 3.8) is 0 Å². The fraction of sp³-hybridized carbons (Fsp3) is 0.227. The highest BCUT2D eigenvalue weighted by atomic mass is 32.2. The molecule has 0 unspecified atom stereocenters. The summed E-state index contributed by atoms with van der Waals surface area (Å²) in [6.45, 7) is -0.0316. The lowest BCUT2D eigenvalue weighted by atomic mass is 10.1. The van der Waals surface area contributed by atoms with E-state index >= 15 is 0 Å². The number of nitrogens with zero attached hydrogens (tertiary/aromatic N) is 2. The van der Waals surface area contributed by atoms with Gasteiger partial charge in [0.05, 0.1) is 17.0 Å². The second-order valence-corrected chi connectivity index (χ2v) is 9.08. The van der Waals surface area contributed by atoms with Crippen LogP contribution in [0.5, 0.6) is 0 Å². The van der Waals surface area contributed by atoms with Crippen LogP contribution in [-0.4, -0.2) is 13.4 Å². The second-order valence-electron chi connectivity index (χ2n) is 7.22. The lowest BCUT2D eigenvalue weighted by molar-refractivity contribution is -0.137. The molecule has 0 atom stereocenters. The van der Waals surface area contributed by atoms with Crippen LogP contribution in [0, 0.1) is 0 Å².